The van der Waals surface area contributed by atoms with Crippen LogP contribution in [0.5, 0.6) is 0 Å². The minimum Gasteiger partial charge on any atom is -0.329 e. The molecule has 72 valence electrons. The maximum atomic E-state index is 5.58. The number of nitrogens with two attached hydrogens (primary N) is 1. The van der Waals surface area contributed by atoms with Crippen molar-refractivity contribution in [1.82, 2.24) is 0 Å². The van der Waals surface area contributed by atoms with Gasteiger partial charge in [0.05, 0.1) is 0 Å². The Morgan fingerprint density at radius 3 is 2.62 bits per heavy atom. The lowest BCUT2D eigenvalue weighted by Crippen LogP contribution is -2.12. The molecule has 0 aliphatic rings. The lowest BCUT2D eigenvalue weighted by atomic mass is 10.2. The highest BCUT2D eigenvalue weighted by molar-refractivity contribution is 8.00. The van der Waals surface area contributed by atoms with E-state index in [-0.39, 0.29) is 0 Å². The van der Waals surface area contributed by atoms with E-state index in [0.29, 0.717) is 5.25 Å². The molecule has 2 N–H and O–H groups in total. The van der Waals surface area contributed by atoms with Crippen molar-refractivity contribution in [3.05, 3.63) is 29.3 Å². The number of rotatable bonds is 3. The highest BCUT2D eigenvalue weighted by atomic mass is 32.2. The molecule has 0 heterocycles. The molecule has 0 aliphatic carbocycles. The third kappa shape index (κ3) is 3.05. The van der Waals surface area contributed by atoms with Gasteiger partial charge in [-0.1, -0.05) is 24.6 Å². The van der Waals surface area contributed by atoms with E-state index in [9.17, 15) is 0 Å². The standard InChI is InChI=1S/C11H17NS/c1-8-4-5-11(9(2)6-8)13-10(3)7-12/h4-6,10H,7,12H2,1-3H3. The summed E-state index contributed by atoms with van der Waals surface area (Å²) in [6, 6.07) is 6.55. The Labute approximate surface area is 84.7 Å². The minimum atomic E-state index is 0.501. The number of benzene rings is 1. The molecule has 1 aromatic rings. The summed E-state index contributed by atoms with van der Waals surface area (Å²) in [5, 5.41) is 0.501. The van der Waals surface area contributed by atoms with Crippen LogP contribution in [0.3, 0.4) is 0 Å². The first-order chi connectivity index (χ1) is 6.13. The lowest BCUT2D eigenvalue weighted by Gasteiger charge is -2.10. The fourth-order valence-corrected chi connectivity index (χ4v) is 2.12. The van der Waals surface area contributed by atoms with Gasteiger partial charge in [-0.2, -0.15) is 0 Å². The zero-order chi connectivity index (χ0) is 9.84. The SMILES string of the molecule is Cc1ccc(SC(C)CN)c(C)c1. The van der Waals surface area contributed by atoms with Crippen molar-refractivity contribution in [2.24, 2.45) is 5.73 Å². The Kier molecular flexibility index (Phi) is 3.82. The Hall–Kier alpha value is -0.470. The van der Waals surface area contributed by atoms with Crippen LogP contribution in [-0.2, 0) is 0 Å². The molecule has 1 aromatic carbocycles. The fourth-order valence-electron chi connectivity index (χ4n) is 1.20. The average Bonchev–Trinajstić information content (AvgIpc) is 2.09. The molecule has 1 unspecified atom stereocenters. The molecule has 1 nitrogen and oxygen atoms in total. The molecule has 1 rings (SSSR count). The molecule has 0 fully saturated rings. The second kappa shape index (κ2) is 4.68. The Bertz CT molecular complexity index is 283. The Balaban J connectivity index is 2.77. The second-order valence-electron chi connectivity index (χ2n) is 3.43. The first-order valence-corrected chi connectivity index (χ1v) is 5.45. The van der Waals surface area contributed by atoms with Gasteiger partial charge in [-0.05, 0) is 25.5 Å². The molecular formula is C11H17NS. The van der Waals surface area contributed by atoms with Crippen molar-refractivity contribution in [3.63, 3.8) is 0 Å². The van der Waals surface area contributed by atoms with Crippen LogP contribution in [-0.4, -0.2) is 11.8 Å². The molecule has 2 heteroatoms. The van der Waals surface area contributed by atoms with Crippen molar-refractivity contribution in [3.8, 4) is 0 Å². The summed E-state index contributed by atoms with van der Waals surface area (Å²) in [5.74, 6) is 0. The molecule has 1 atom stereocenters. The van der Waals surface area contributed by atoms with E-state index in [4.69, 9.17) is 5.73 Å². The van der Waals surface area contributed by atoms with Gasteiger partial charge in [0.25, 0.3) is 0 Å². The van der Waals surface area contributed by atoms with Gasteiger partial charge in [0.1, 0.15) is 0 Å². The Morgan fingerprint density at radius 1 is 1.38 bits per heavy atom. The lowest BCUT2D eigenvalue weighted by molar-refractivity contribution is 0.950. The summed E-state index contributed by atoms with van der Waals surface area (Å²) < 4.78 is 0. The maximum absolute atomic E-state index is 5.58. The van der Waals surface area contributed by atoms with Crippen LogP contribution in [0.1, 0.15) is 18.1 Å². The van der Waals surface area contributed by atoms with Crippen LogP contribution in [0.25, 0.3) is 0 Å². The van der Waals surface area contributed by atoms with Crippen molar-refractivity contribution >= 4 is 11.8 Å². The molecule has 0 aliphatic heterocycles. The molecule has 0 saturated heterocycles. The number of aryl methyl sites for hydroxylation is 2. The fraction of sp³-hybridized carbons (Fsp3) is 0.455. The van der Waals surface area contributed by atoms with E-state index >= 15 is 0 Å². The van der Waals surface area contributed by atoms with Gasteiger partial charge in [0.2, 0.25) is 0 Å². The molecule has 13 heavy (non-hydrogen) atoms. The molecule has 0 aromatic heterocycles. The van der Waals surface area contributed by atoms with Gasteiger partial charge in [-0.3, -0.25) is 0 Å². The summed E-state index contributed by atoms with van der Waals surface area (Å²) >= 11 is 1.85. The first kappa shape index (κ1) is 10.6. The molecular weight excluding hydrogens is 178 g/mol. The van der Waals surface area contributed by atoms with Crippen LogP contribution in [0.15, 0.2) is 23.1 Å². The molecule has 0 radical (unpaired) electrons. The number of hydrogen-bond acceptors (Lipinski definition) is 2. The molecule has 0 saturated carbocycles. The van der Waals surface area contributed by atoms with E-state index in [1.54, 1.807) is 0 Å². The highest BCUT2D eigenvalue weighted by Crippen LogP contribution is 2.26. The number of thioether (sulfide) groups is 1. The van der Waals surface area contributed by atoms with Crippen molar-refractivity contribution in [1.29, 1.82) is 0 Å². The van der Waals surface area contributed by atoms with Gasteiger partial charge in [-0.25, -0.2) is 0 Å². The zero-order valence-electron chi connectivity index (χ0n) is 8.50. The van der Waals surface area contributed by atoms with E-state index in [1.807, 2.05) is 11.8 Å². The van der Waals surface area contributed by atoms with E-state index in [1.165, 1.54) is 16.0 Å². The van der Waals surface area contributed by atoms with Crippen LogP contribution >= 0.6 is 11.8 Å². The monoisotopic (exact) mass is 195 g/mol. The van der Waals surface area contributed by atoms with E-state index < -0.39 is 0 Å². The normalized spacial score (nSPS) is 12.9. The van der Waals surface area contributed by atoms with Crippen LogP contribution in [0.4, 0.5) is 0 Å². The Morgan fingerprint density at radius 2 is 2.08 bits per heavy atom. The highest BCUT2D eigenvalue weighted by Gasteiger charge is 2.04. The van der Waals surface area contributed by atoms with Gasteiger partial charge < -0.3 is 5.73 Å². The largest absolute Gasteiger partial charge is 0.329 e. The first-order valence-electron chi connectivity index (χ1n) is 4.57. The van der Waals surface area contributed by atoms with Crippen molar-refractivity contribution in [2.75, 3.05) is 6.54 Å². The summed E-state index contributed by atoms with van der Waals surface area (Å²) in [7, 11) is 0. The quantitative estimate of drug-likeness (QED) is 0.750. The van der Waals surface area contributed by atoms with Crippen LogP contribution < -0.4 is 5.73 Å². The minimum absolute atomic E-state index is 0.501. The molecule has 0 amide bonds. The molecule has 0 bridgehead atoms. The van der Waals surface area contributed by atoms with E-state index in [0.717, 1.165) is 6.54 Å². The second-order valence-corrected chi connectivity index (χ2v) is 4.91. The van der Waals surface area contributed by atoms with Gasteiger partial charge >= 0.3 is 0 Å². The summed E-state index contributed by atoms with van der Waals surface area (Å²) in [6.45, 7) is 7.16. The topological polar surface area (TPSA) is 26.0 Å². The molecule has 0 spiro atoms. The summed E-state index contributed by atoms with van der Waals surface area (Å²) in [4.78, 5) is 1.35. The smallest absolute Gasteiger partial charge is 0.0189 e. The van der Waals surface area contributed by atoms with Crippen LogP contribution in [0, 0.1) is 13.8 Å². The summed E-state index contributed by atoms with van der Waals surface area (Å²) in [6.07, 6.45) is 0. The maximum Gasteiger partial charge on any atom is 0.0189 e. The van der Waals surface area contributed by atoms with Gasteiger partial charge in [0, 0.05) is 16.7 Å². The van der Waals surface area contributed by atoms with E-state index in [2.05, 4.69) is 39.0 Å². The van der Waals surface area contributed by atoms with Crippen LogP contribution in [0.2, 0.25) is 0 Å². The third-order valence-electron chi connectivity index (χ3n) is 1.99. The van der Waals surface area contributed by atoms with Crippen molar-refractivity contribution in [2.45, 2.75) is 30.9 Å². The average molecular weight is 195 g/mol. The summed E-state index contributed by atoms with van der Waals surface area (Å²) in [5.41, 5.74) is 8.25. The van der Waals surface area contributed by atoms with Crippen molar-refractivity contribution < 1.29 is 0 Å². The third-order valence-corrected chi connectivity index (χ3v) is 3.30. The predicted octanol–water partition coefficient (Wildman–Crippen LogP) is 2.74. The zero-order valence-corrected chi connectivity index (χ0v) is 9.32. The van der Waals surface area contributed by atoms with Gasteiger partial charge in [0.15, 0.2) is 0 Å². The number of hydrogen-bond donors (Lipinski definition) is 1. The van der Waals surface area contributed by atoms with Gasteiger partial charge in [-0.15, -0.1) is 11.8 Å². The predicted molar refractivity (Wildman–Crippen MR) is 60.3 cm³/mol.